The number of ether oxygens (including phenoxy) is 1. The quantitative estimate of drug-likeness (QED) is 0.650. The number of aromatic nitrogens is 3. The Balaban J connectivity index is 1.50. The van der Waals surface area contributed by atoms with Crippen LogP contribution < -0.4 is 15.0 Å². The molecule has 4 rings (SSSR count). The van der Waals surface area contributed by atoms with Crippen molar-refractivity contribution in [3.8, 4) is 11.4 Å². The van der Waals surface area contributed by atoms with Gasteiger partial charge in [-0.15, -0.1) is 0 Å². The van der Waals surface area contributed by atoms with Crippen LogP contribution in [0.25, 0.3) is 5.69 Å². The lowest BCUT2D eigenvalue weighted by molar-refractivity contribution is -0.137. The van der Waals surface area contributed by atoms with Crippen LogP contribution in [-0.4, -0.2) is 39.2 Å². The zero-order valence-corrected chi connectivity index (χ0v) is 16.8. The van der Waals surface area contributed by atoms with Crippen LogP contribution in [0.3, 0.4) is 0 Å². The highest BCUT2D eigenvalue weighted by Gasteiger charge is 2.33. The van der Waals surface area contributed by atoms with Crippen LogP contribution in [0.15, 0.2) is 55.0 Å². The van der Waals surface area contributed by atoms with E-state index in [1.165, 1.54) is 35.4 Å². The molecule has 0 aliphatic carbocycles. The van der Waals surface area contributed by atoms with E-state index in [2.05, 4.69) is 15.4 Å². The first kappa shape index (κ1) is 21.3. The maximum atomic E-state index is 13.1. The van der Waals surface area contributed by atoms with Gasteiger partial charge in [-0.3, -0.25) is 14.5 Å². The summed E-state index contributed by atoms with van der Waals surface area (Å²) in [5.74, 6) is -0.0720. The highest BCUT2D eigenvalue weighted by molar-refractivity contribution is 6.10. The molecule has 0 bridgehead atoms. The number of halogens is 3. The SMILES string of the molecule is CCC(Oc1ccc(-n2cc(C(F)(F)F)cn2)cc1)C(=O)N1CC(=O)Nc2cccnc21. The molecule has 11 heteroatoms. The maximum absolute atomic E-state index is 13.1. The van der Waals surface area contributed by atoms with Crippen molar-refractivity contribution >= 4 is 23.3 Å². The van der Waals surface area contributed by atoms with Gasteiger partial charge in [-0.25, -0.2) is 9.67 Å². The third kappa shape index (κ3) is 4.27. The number of carbonyl (C=O) groups is 2. The van der Waals surface area contributed by atoms with Crippen LogP contribution in [0.2, 0.25) is 0 Å². The first-order valence-corrected chi connectivity index (χ1v) is 9.71. The number of pyridine rings is 1. The van der Waals surface area contributed by atoms with Crippen LogP contribution in [0.5, 0.6) is 5.75 Å². The van der Waals surface area contributed by atoms with Crippen molar-refractivity contribution in [3.05, 3.63) is 60.6 Å². The van der Waals surface area contributed by atoms with Crippen LogP contribution in [0.1, 0.15) is 18.9 Å². The number of alkyl halides is 3. The van der Waals surface area contributed by atoms with Gasteiger partial charge in [0.2, 0.25) is 5.91 Å². The molecule has 0 spiro atoms. The standard InChI is InChI=1S/C21H18F3N5O3/c1-2-17(20(31)28-12-18(30)27-16-4-3-9-25-19(16)28)32-15-7-5-14(6-8-15)29-11-13(10-26-29)21(22,23)24/h3-11,17H,2,12H2,1H3,(H,27,30). The molecule has 1 N–H and O–H groups in total. The largest absolute Gasteiger partial charge is 0.481 e. The minimum Gasteiger partial charge on any atom is -0.481 e. The molecule has 0 fully saturated rings. The fourth-order valence-electron chi connectivity index (χ4n) is 3.23. The monoisotopic (exact) mass is 445 g/mol. The molecule has 0 saturated heterocycles. The van der Waals surface area contributed by atoms with E-state index in [-0.39, 0.29) is 12.5 Å². The molecule has 3 heterocycles. The van der Waals surface area contributed by atoms with Crippen molar-refractivity contribution in [2.24, 2.45) is 0 Å². The summed E-state index contributed by atoms with van der Waals surface area (Å²) >= 11 is 0. The molecule has 166 valence electrons. The molecule has 8 nitrogen and oxygen atoms in total. The Morgan fingerprint density at radius 1 is 1.25 bits per heavy atom. The third-order valence-corrected chi connectivity index (χ3v) is 4.82. The molecular weight excluding hydrogens is 427 g/mol. The molecule has 0 radical (unpaired) electrons. The second-order valence-corrected chi connectivity index (χ2v) is 7.03. The summed E-state index contributed by atoms with van der Waals surface area (Å²) in [7, 11) is 0. The Hall–Kier alpha value is -3.89. The van der Waals surface area contributed by atoms with Gasteiger partial charge in [0.15, 0.2) is 11.9 Å². The Morgan fingerprint density at radius 3 is 2.66 bits per heavy atom. The van der Waals surface area contributed by atoms with Crippen molar-refractivity contribution in [3.63, 3.8) is 0 Å². The van der Waals surface area contributed by atoms with E-state index in [0.717, 1.165) is 17.1 Å². The summed E-state index contributed by atoms with van der Waals surface area (Å²) in [5, 5.41) is 6.40. The molecule has 2 aromatic heterocycles. The second kappa shape index (κ2) is 8.33. The van der Waals surface area contributed by atoms with E-state index >= 15 is 0 Å². The van der Waals surface area contributed by atoms with Gasteiger partial charge in [-0.2, -0.15) is 18.3 Å². The van der Waals surface area contributed by atoms with Gasteiger partial charge >= 0.3 is 6.18 Å². The van der Waals surface area contributed by atoms with Crippen molar-refractivity contribution in [2.45, 2.75) is 25.6 Å². The third-order valence-electron chi connectivity index (χ3n) is 4.82. The van der Waals surface area contributed by atoms with E-state index in [4.69, 9.17) is 4.74 Å². The number of rotatable bonds is 5. The van der Waals surface area contributed by atoms with Gasteiger partial charge in [-0.1, -0.05) is 6.92 Å². The molecule has 3 aromatic rings. The molecule has 1 aromatic carbocycles. The fraction of sp³-hybridized carbons (Fsp3) is 0.238. The second-order valence-electron chi connectivity index (χ2n) is 7.03. The molecule has 1 aliphatic heterocycles. The molecule has 1 aliphatic rings. The van der Waals surface area contributed by atoms with Crippen LogP contribution >= 0.6 is 0 Å². The minimum absolute atomic E-state index is 0.178. The Kier molecular flexibility index (Phi) is 5.56. The van der Waals surface area contributed by atoms with Crippen molar-refractivity contribution in [1.29, 1.82) is 0 Å². The predicted octanol–water partition coefficient (Wildman–Crippen LogP) is 3.43. The maximum Gasteiger partial charge on any atom is 0.419 e. The minimum atomic E-state index is -4.48. The van der Waals surface area contributed by atoms with Gasteiger partial charge in [-0.05, 0) is 42.8 Å². The van der Waals surface area contributed by atoms with Gasteiger partial charge in [0.25, 0.3) is 5.91 Å². The zero-order valence-electron chi connectivity index (χ0n) is 16.8. The van der Waals surface area contributed by atoms with Crippen molar-refractivity contribution in [2.75, 3.05) is 16.8 Å². The number of hydrogen-bond donors (Lipinski definition) is 1. The van der Waals surface area contributed by atoms with E-state index in [0.29, 0.717) is 29.4 Å². The average molecular weight is 445 g/mol. The smallest absolute Gasteiger partial charge is 0.419 e. The highest BCUT2D eigenvalue weighted by atomic mass is 19.4. The number of fused-ring (bicyclic) bond motifs is 1. The Morgan fingerprint density at radius 2 is 2.00 bits per heavy atom. The number of hydrogen-bond acceptors (Lipinski definition) is 5. The van der Waals surface area contributed by atoms with E-state index in [9.17, 15) is 22.8 Å². The summed E-state index contributed by atoms with van der Waals surface area (Å²) < 4.78 is 45.2. The van der Waals surface area contributed by atoms with Gasteiger partial charge < -0.3 is 10.1 Å². The molecule has 1 unspecified atom stereocenters. The Labute approximate surface area is 180 Å². The first-order chi connectivity index (χ1) is 15.3. The zero-order chi connectivity index (χ0) is 22.9. The molecule has 0 saturated carbocycles. The topological polar surface area (TPSA) is 89.4 Å². The van der Waals surface area contributed by atoms with E-state index in [1.54, 1.807) is 19.1 Å². The molecular formula is C21H18F3N5O3. The summed E-state index contributed by atoms with van der Waals surface area (Å²) in [6.07, 6.45) is -1.87. The number of carbonyl (C=O) groups excluding carboxylic acids is 2. The number of nitrogens with zero attached hydrogens (tertiary/aromatic N) is 4. The van der Waals surface area contributed by atoms with Gasteiger partial charge in [0.1, 0.15) is 12.3 Å². The number of amides is 2. The Bertz CT molecular complexity index is 1140. The number of anilines is 2. The lowest BCUT2D eigenvalue weighted by Crippen LogP contribution is -2.48. The van der Waals surface area contributed by atoms with Gasteiger partial charge in [0, 0.05) is 12.4 Å². The van der Waals surface area contributed by atoms with Crippen molar-refractivity contribution < 1.29 is 27.5 Å². The fourth-order valence-corrected chi connectivity index (χ4v) is 3.23. The molecule has 32 heavy (non-hydrogen) atoms. The predicted molar refractivity (Wildman–Crippen MR) is 108 cm³/mol. The summed E-state index contributed by atoms with van der Waals surface area (Å²) in [6, 6.07) is 9.44. The van der Waals surface area contributed by atoms with Gasteiger partial charge in [0.05, 0.1) is 23.1 Å². The van der Waals surface area contributed by atoms with Crippen LogP contribution in [0, 0.1) is 0 Å². The number of benzene rings is 1. The first-order valence-electron chi connectivity index (χ1n) is 9.71. The molecule has 1 atom stereocenters. The van der Waals surface area contributed by atoms with Crippen molar-refractivity contribution in [1.82, 2.24) is 14.8 Å². The average Bonchev–Trinajstić information content (AvgIpc) is 3.28. The summed E-state index contributed by atoms with van der Waals surface area (Å²) in [5.41, 5.74) is -0.0132. The van der Waals surface area contributed by atoms with E-state index < -0.39 is 23.8 Å². The highest BCUT2D eigenvalue weighted by Crippen LogP contribution is 2.30. The number of nitrogens with one attached hydrogen (secondary N) is 1. The van der Waals surface area contributed by atoms with Crippen LogP contribution in [0.4, 0.5) is 24.7 Å². The summed E-state index contributed by atoms with van der Waals surface area (Å²) in [4.78, 5) is 30.5. The lowest BCUT2D eigenvalue weighted by atomic mass is 10.2. The van der Waals surface area contributed by atoms with E-state index in [1.807, 2.05) is 0 Å². The summed E-state index contributed by atoms with van der Waals surface area (Å²) in [6.45, 7) is 1.59. The lowest BCUT2D eigenvalue weighted by Gasteiger charge is -2.30. The normalized spacial score (nSPS) is 14.5. The molecule has 2 amide bonds. The van der Waals surface area contributed by atoms with Crippen LogP contribution in [-0.2, 0) is 15.8 Å².